The molecule has 5 heteroatoms. The molecule has 0 spiro atoms. The molecule has 24 heavy (non-hydrogen) atoms. The number of hydrogen-bond acceptors (Lipinski definition) is 3. The Kier molecular flexibility index (Phi) is 3.90. The summed E-state index contributed by atoms with van der Waals surface area (Å²) >= 11 is 0. The van der Waals surface area contributed by atoms with Gasteiger partial charge in [0.05, 0.1) is 5.56 Å². The lowest BCUT2D eigenvalue weighted by Crippen LogP contribution is -2.40. The lowest BCUT2D eigenvalue weighted by Gasteiger charge is -2.31. The quantitative estimate of drug-likeness (QED) is 0.854. The molecule has 0 radical (unpaired) electrons. The highest BCUT2D eigenvalue weighted by Gasteiger charge is 2.34. The highest BCUT2D eigenvalue weighted by molar-refractivity contribution is 5.98. The zero-order valence-corrected chi connectivity index (χ0v) is 14.6. The van der Waals surface area contributed by atoms with E-state index in [4.69, 9.17) is 4.74 Å². The summed E-state index contributed by atoms with van der Waals surface area (Å²) < 4.78 is 5.46. The minimum absolute atomic E-state index is 0.326. The van der Waals surface area contributed by atoms with Gasteiger partial charge in [-0.15, -0.1) is 0 Å². The number of carbonyl (C=O) groups excluding carboxylic acids is 1. The van der Waals surface area contributed by atoms with Crippen LogP contribution in [0.3, 0.4) is 0 Å². The van der Waals surface area contributed by atoms with E-state index < -0.39 is 11.6 Å². The third-order valence-electron chi connectivity index (χ3n) is 4.58. The van der Waals surface area contributed by atoms with E-state index in [1.54, 1.807) is 11.0 Å². The molecule has 0 unspecified atom stereocenters. The average molecular weight is 329 g/mol. The smallest absolute Gasteiger partial charge is 0.410 e. The van der Waals surface area contributed by atoms with Crippen molar-refractivity contribution in [3.05, 3.63) is 40.0 Å². The molecule has 1 aliphatic heterocycles. The van der Waals surface area contributed by atoms with E-state index in [2.05, 4.69) is 0 Å². The van der Waals surface area contributed by atoms with Crippen molar-refractivity contribution in [3.63, 3.8) is 0 Å². The van der Waals surface area contributed by atoms with E-state index in [0.29, 0.717) is 18.7 Å². The van der Waals surface area contributed by atoms with Crippen molar-refractivity contribution < 1.29 is 19.4 Å². The van der Waals surface area contributed by atoms with Crippen LogP contribution in [0.5, 0.6) is 0 Å². The fourth-order valence-corrected chi connectivity index (χ4v) is 3.45. The van der Waals surface area contributed by atoms with Crippen LogP contribution in [0, 0.1) is 6.92 Å². The van der Waals surface area contributed by atoms with E-state index in [1.807, 2.05) is 33.8 Å². The SMILES string of the molecule is Cc1ccc(C(=O)O)c2c1CC1=C2CN(C(=O)OC(C)(C)C)CC1. The Bertz CT molecular complexity index is 755. The summed E-state index contributed by atoms with van der Waals surface area (Å²) in [4.78, 5) is 25.7. The Morgan fingerprint density at radius 3 is 2.58 bits per heavy atom. The van der Waals surface area contributed by atoms with Crippen LogP contribution >= 0.6 is 0 Å². The van der Waals surface area contributed by atoms with E-state index in [1.165, 1.54) is 5.57 Å². The molecule has 2 aliphatic rings. The van der Waals surface area contributed by atoms with E-state index in [0.717, 1.165) is 35.1 Å². The molecule has 0 atom stereocenters. The highest BCUT2D eigenvalue weighted by Crippen LogP contribution is 2.41. The molecule has 5 nitrogen and oxygen atoms in total. The molecular weight excluding hydrogens is 306 g/mol. The predicted molar refractivity (Wildman–Crippen MR) is 91.2 cm³/mol. The molecule has 0 bridgehead atoms. The summed E-state index contributed by atoms with van der Waals surface area (Å²) in [5, 5.41) is 9.53. The number of nitrogens with zero attached hydrogens (tertiary/aromatic N) is 1. The molecule has 128 valence electrons. The van der Waals surface area contributed by atoms with E-state index >= 15 is 0 Å². The number of carboxylic acid groups (broad SMARTS) is 1. The van der Waals surface area contributed by atoms with Gasteiger partial charge in [0.1, 0.15) is 5.60 Å². The minimum Gasteiger partial charge on any atom is -0.478 e. The van der Waals surface area contributed by atoms with Gasteiger partial charge >= 0.3 is 12.1 Å². The van der Waals surface area contributed by atoms with Gasteiger partial charge in [-0.25, -0.2) is 9.59 Å². The average Bonchev–Trinajstić information content (AvgIpc) is 2.85. The number of amides is 1. The molecule has 0 fully saturated rings. The monoisotopic (exact) mass is 329 g/mol. The summed E-state index contributed by atoms with van der Waals surface area (Å²) in [7, 11) is 0. The Morgan fingerprint density at radius 1 is 1.25 bits per heavy atom. The van der Waals surface area contributed by atoms with Gasteiger partial charge in [-0.05, 0) is 68.9 Å². The van der Waals surface area contributed by atoms with Crippen molar-refractivity contribution in [1.29, 1.82) is 0 Å². The fraction of sp³-hybridized carbons (Fsp3) is 0.474. The number of aryl methyl sites for hydroxylation is 1. The van der Waals surface area contributed by atoms with Crippen molar-refractivity contribution in [3.8, 4) is 0 Å². The first-order valence-corrected chi connectivity index (χ1v) is 8.22. The van der Waals surface area contributed by atoms with Gasteiger partial charge in [0.2, 0.25) is 0 Å². The van der Waals surface area contributed by atoms with Crippen molar-refractivity contribution in [2.45, 2.75) is 46.1 Å². The normalized spacial score (nSPS) is 16.8. The molecule has 1 aromatic carbocycles. The molecule has 1 N–H and O–H groups in total. The van der Waals surface area contributed by atoms with E-state index in [-0.39, 0.29) is 6.09 Å². The Labute approximate surface area is 141 Å². The maximum Gasteiger partial charge on any atom is 0.410 e. The molecule has 0 aromatic heterocycles. The number of carbonyl (C=O) groups is 2. The van der Waals surface area contributed by atoms with Crippen LogP contribution in [0.25, 0.3) is 5.57 Å². The summed E-state index contributed by atoms with van der Waals surface area (Å²) in [6.45, 7) is 8.57. The number of carboxylic acids is 1. The minimum atomic E-state index is -0.922. The largest absolute Gasteiger partial charge is 0.478 e. The van der Waals surface area contributed by atoms with Gasteiger partial charge in [0, 0.05) is 13.1 Å². The Morgan fingerprint density at radius 2 is 1.96 bits per heavy atom. The molecule has 1 aromatic rings. The van der Waals surface area contributed by atoms with Gasteiger partial charge in [-0.3, -0.25) is 0 Å². The summed E-state index contributed by atoms with van der Waals surface area (Å²) in [5.74, 6) is -0.922. The van der Waals surface area contributed by atoms with Crippen LogP contribution in [0.1, 0.15) is 54.2 Å². The number of aromatic carboxylic acids is 1. The van der Waals surface area contributed by atoms with Crippen LogP contribution in [0.15, 0.2) is 17.7 Å². The summed E-state index contributed by atoms with van der Waals surface area (Å²) in [5.41, 5.74) is 5.03. The van der Waals surface area contributed by atoms with E-state index in [9.17, 15) is 14.7 Å². The fourth-order valence-electron chi connectivity index (χ4n) is 3.45. The zero-order chi connectivity index (χ0) is 17.6. The van der Waals surface area contributed by atoms with Crippen LogP contribution < -0.4 is 0 Å². The molecule has 1 amide bonds. The van der Waals surface area contributed by atoms with Crippen molar-refractivity contribution >= 4 is 17.6 Å². The van der Waals surface area contributed by atoms with Gasteiger partial charge in [-0.2, -0.15) is 0 Å². The number of ether oxygens (including phenoxy) is 1. The van der Waals surface area contributed by atoms with Crippen molar-refractivity contribution in [2.75, 3.05) is 13.1 Å². The standard InChI is InChI=1S/C19H23NO4/c1-11-5-6-13(17(21)22)16-14(11)9-12-7-8-20(10-15(12)16)18(23)24-19(2,3)4/h5-6H,7-10H2,1-4H3,(H,21,22). The predicted octanol–water partition coefficient (Wildman–Crippen LogP) is 3.64. The first-order valence-electron chi connectivity index (χ1n) is 8.22. The summed E-state index contributed by atoms with van der Waals surface area (Å²) in [6.07, 6.45) is 1.22. The maximum absolute atomic E-state index is 12.4. The number of fused-ring (bicyclic) bond motifs is 2. The molecule has 3 rings (SSSR count). The first kappa shape index (κ1) is 16.6. The number of benzene rings is 1. The third kappa shape index (κ3) is 2.90. The lowest BCUT2D eigenvalue weighted by molar-refractivity contribution is 0.0271. The van der Waals surface area contributed by atoms with Crippen LogP contribution in [0.4, 0.5) is 4.79 Å². The third-order valence-corrected chi connectivity index (χ3v) is 4.58. The molecule has 0 saturated carbocycles. The zero-order valence-electron chi connectivity index (χ0n) is 14.6. The van der Waals surface area contributed by atoms with Crippen molar-refractivity contribution in [1.82, 2.24) is 4.90 Å². The van der Waals surface area contributed by atoms with Gasteiger partial charge in [0.25, 0.3) is 0 Å². The summed E-state index contributed by atoms with van der Waals surface area (Å²) in [6, 6.07) is 3.53. The van der Waals surface area contributed by atoms with Crippen molar-refractivity contribution in [2.24, 2.45) is 0 Å². The highest BCUT2D eigenvalue weighted by atomic mass is 16.6. The Hall–Kier alpha value is -2.30. The number of rotatable bonds is 1. The molecule has 1 aliphatic carbocycles. The second-order valence-electron chi connectivity index (χ2n) is 7.50. The van der Waals surface area contributed by atoms with Gasteiger partial charge < -0.3 is 14.7 Å². The molecule has 0 saturated heterocycles. The van der Waals surface area contributed by atoms with Gasteiger partial charge in [0.15, 0.2) is 0 Å². The Balaban J connectivity index is 1.93. The molecule has 1 heterocycles. The lowest BCUT2D eigenvalue weighted by atomic mass is 9.94. The van der Waals surface area contributed by atoms with Gasteiger partial charge in [-0.1, -0.05) is 11.6 Å². The van der Waals surface area contributed by atoms with Crippen LogP contribution in [0.2, 0.25) is 0 Å². The number of hydrogen-bond donors (Lipinski definition) is 1. The maximum atomic E-state index is 12.4. The second kappa shape index (κ2) is 5.65. The molecular formula is C19H23NO4. The topological polar surface area (TPSA) is 66.8 Å². The second-order valence-corrected chi connectivity index (χ2v) is 7.50. The van der Waals surface area contributed by atoms with Crippen LogP contribution in [-0.4, -0.2) is 40.8 Å². The first-order chi connectivity index (χ1) is 11.2. The van der Waals surface area contributed by atoms with Crippen LogP contribution in [-0.2, 0) is 11.2 Å².